The Labute approximate surface area is 124 Å². The Kier molecular flexibility index (Phi) is 6.68. The minimum atomic E-state index is -1.03. The summed E-state index contributed by atoms with van der Waals surface area (Å²) in [5.74, 6) is -0.582. The number of aryl methyl sites for hydroxylation is 3. The zero-order valence-corrected chi connectivity index (χ0v) is 12.6. The van der Waals surface area contributed by atoms with Gasteiger partial charge < -0.3 is 19.9 Å². The second-order valence-corrected chi connectivity index (χ2v) is 4.81. The van der Waals surface area contributed by atoms with E-state index >= 15 is 0 Å². The van der Waals surface area contributed by atoms with Gasteiger partial charge in [0.2, 0.25) is 0 Å². The van der Waals surface area contributed by atoms with E-state index in [-0.39, 0.29) is 32.3 Å². The highest BCUT2D eigenvalue weighted by atomic mass is 16.5. The predicted molar refractivity (Wildman–Crippen MR) is 77.6 cm³/mol. The molecule has 6 nitrogen and oxygen atoms in total. The van der Waals surface area contributed by atoms with Crippen LogP contribution in [0.15, 0.2) is 12.1 Å². The average Bonchev–Trinajstić information content (AvgIpc) is 2.36. The van der Waals surface area contributed by atoms with Crippen LogP contribution in [0.3, 0.4) is 0 Å². The molecule has 0 atom stereocenters. The highest BCUT2D eigenvalue weighted by Crippen LogP contribution is 2.24. The first-order valence-corrected chi connectivity index (χ1v) is 6.67. The number of ether oxygens (including phenoxy) is 2. The number of carbonyl (C=O) groups excluding carboxylic acids is 1. The fourth-order valence-corrected chi connectivity index (χ4v) is 2.01. The van der Waals surface area contributed by atoms with Crippen LogP contribution in [-0.4, -0.2) is 43.3 Å². The maximum absolute atomic E-state index is 11.6. The number of rotatable bonds is 8. The van der Waals surface area contributed by atoms with Crippen LogP contribution < -0.4 is 10.1 Å². The minimum absolute atomic E-state index is 0.0797. The Bertz CT molecular complexity index is 490. The first-order valence-electron chi connectivity index (χ1n) is 6.67. The summed E-state index contributed by atoms with van der Waals surface area (Å²) in [7, 11) is 0. The standard InChI is InChI=1S/C15H21NO5/c1-10-6-11(2)15(12(3)7-10)21-8-13(17)16-4-5-20-9-14(18)19/h6-7H,4-5,8-9H2,1-3H3,(H,16,17)(H,18,19). The van der Waals surface area contributed by atoms with Gasteiger partial charge in [-0.3, -0.25) is 4.79 Å². The van der Waals surface area contributed by atoms with E-state index in [1.165, 1.54) is 0 Å². The first kappa shape index (κ1) is 17.0. The van der Waals surface area contributed by atoms with Gasteiger partial charge in [0.05, 0.1) is 6.61 Å². The molecule has 1 aromatic carbocycles. The van der Waals surface area contributed by atoms with E-state index in [0.717, 1.165) is 22.4 Å². The van der Waals surface area contributed by atoms with Gasteiger partial charge in [0.15, 0.2) is 6.61 Å². The quantitative estimate of drug-likeness (QED) is 0.704. The monoisotopic (exact) mass is 295 g/mol. The number of benzene rings is 1. The van der Waals surface area contributed by atoms with E-state index in [1.54, 1.807) is 0 Å². The summed E-state index contributed by atoms with van der Waals surface area (Å²) in [6, 6.07) is 4.00. The zero-order chi connectivity index (χ0) is 15.8. The maximum Gasteiger partial charge on any atom is 0.329 e. The van der Waals surface area contributed by atoms with Crippen molar-refractivity contribution in [2.75, 3.05) is 26.4 Å². The molecule has 0 aliphatic carbocycles. The summed E-state index contributed by atoms with van der Waals surface area (Å²) >= 11 is 0. The molecule has 0 saturated carbocycles. The van der Waals surface area contributed by atoms with Gasteiger partial charge >= 0.3 is 5.97 Å². The largest absolute Gasteiger partial charge is 0.483 e. The van der Waals surface area contributed by atoms with Gasteiger partial charge in [-0.15, -0.1) is 0 Å². The summed E-state index contributed by atoms with van der Waals surface area (Å²) in [6.07, 6.45) is 0. The molecule has 0 fully saturated rings. The van der Waals surface area contributed by atoms with E-state index in [1.807, 2.05) is 32.9 Å². The third-order valence-electron chi connectivity index (χ3n) is 2.75. The van der Waals surface area contributed by atoms with Crippen LogP contribution in [0.25, 0.3) is 0 Å². The highest BCUT2D eigenvalue weighted by molar-refractivity contribution is 5.77. The van der Waals surface area contributed by atoms with Crippen molar-refractivity contribution in [2.24, 2.45) is 0 Å². The normalized spacial score (nSPS) is 10.2. The van der Waals surface area contributed by atoms with Crippen LogP contribution in [-0.2, 0) is 14.3 Å². The lowest BCUT2D eigenvalue weighted by molar-refractivity contribution is -0.142. The molecule has 0 unspecified atom stereocenters. The van der Waals surface area contributed by atoms with Gasteiger partial charge in [0, 0.05) is 6.54 Å². The maximum atomic E-state index is 11.6. The van der Waals surface area contributed by atoms with E-state index in [0.29, 0.717) is 0 Å². The molecular weight excluding hydrogens is 274 g/mol. The third-order valence-corrected chi connectivity index (χ3v) is 2.75. The van der Waals surface area contributed by atoms with Crippen LogP contribution in [0.5, 0.6) is 5.75 Å². The molecule has 0 aliphatic rings. The zero-order valence-electron chi connectivity index (χ0n) is 12.6. The fraction of sp³-hybridized carbons (Fsp3) is 0.467. The number of nitrogens with one attached hydrogen (secondary N) is 1. The van der Waals surface area contributed by atoms with Crippen LogP contribution in [0, 0.1) is 20.8 Å². The second kappa shape index (κ2) is 8.26. The molecule has 116 valence electrons. The van der Waals surface area contributed by atoms with E-state index in [9.17, 15) is 9.59 Å². The Morgan fingerprint density at radius 2 is 1.76 bits per heavy atom. The molecule has 0 aromatic heterocycles. The van der Waals surface area contributed by atoms with Crippen molar-refractivity contribution in [3.63, 3.8) is 0 Å². The number of carboxylic acids is 1. The summed E-state index contributed by atoms with van der Waals surface area (Å²) in [6.45, 7) is 5.84. The number of aliphatic carboxylic acids is 1. The predicted octanol–water partition coefficient (Wildman–Crippen LogP) is 1.21. The smallest absolute Gasteiger partial charge is 0.329 e. The SMILES string of the molecule is Cc1cc(C)c(OCC(=O)NCCOCC(=O)O)c(C)c1. The third kappa shape index (κ3) is 6.27. The van der Waals surface area contributed by atoms with Crippen molar-refractivity contribution in [3.05, 3.63) is 28.8 Å². The van der Waals surface area contributed by atoms with E-state index in [4.69, 9.17) is 14.6 Å². The first-order chi connectivity index (χ1) is 9.90. The number of hydrogen-bond acceptors (Lipinski definition) is 4. The van der Waals surface area contributed by atoms with Crippen molar-refractivity contribution < 1.29 is 24.2 Å². The fourth-order valence-electron chi connectivity index (χ4n) is 2.01. The van der Waals surface area contributed by atoms with Gasteiger partial charge in [0.25, 0.3) is 5.91 Å². The summed E-state index contributed by atoms with van der Waals surface area (Å²) in [5, 5.41) is 11.0. The molecule has 1 amide bonds. The Morgan fingerprint density at radius 3 is 2.33 bits per heavy atom. The molecule has 0 spiro atoms. The molecule has 2 N–H and O–H groups in total. The number of hydrogen-bond donors (Lipinski definition) is 2. The highest BCUT2D eigenvalue weighted by Gasteiger charge is 2.08. The van der Waals surface area contributed by atoms with Crippen molar-refractivity contribution in [1.29, 1.82) is 0 Å². The van der Waals surface area contributed by atoms with E-state index < -0.39 is 5.97 Å². The number of carboxylic acid groups (broad SMARTS) is 1. The summed E-state index contributed by atoms with van der Waals surface area (Å²) in [4.78, 5) is 21.8. The second-order valence-electron chi connectivity index (χ2n) is 4.81. The molecule has 1 rings (SSSR count). The van der Waals surface area contributed by atoms with Crippen molar-refractivity contribution in [2.45, 2.75) is 20.8 Å². The Hall–Kier alpha value is -2.08. The topological polar surface area (TPSA) is 84.9 Å². The van der Waals surface area contributed by atoms with Gasteiger partial charge in [-0.1, -0.05) is 17.7 Å². The molecule has 0 heterocycles. The van der Waals surface area contributed by atoms with E-state index in [2.05, 4.69) is 5.32 Å². The lowest BCUT2D eigenvalue weighted by Gasteiger charge is -2.13. The van der Waals surface area contributed by atoms with Crippen LogP contribution >= 0.6 is 0 Å². The van der Waals surface area contributed by atoms with Gasteiger partial charge in [-0.2, -0.15) is 0 Å². The average molecular weight is 295 g/mol. The molecule has 0 saturated heterocycles. The van der Waals surface area contributed by atoms with Crippen LogP contribution in [0.2, 0.25) is 0 Å². The van der Waals surface area contributed by atoms with Crippen molar-refractivity contribution in [1.82, 2.24) is 5.32 Å². The molecule has 0 aliphatic heterocycles. The lowest BCUT2D eigenvalue weighted by Crippen LogP contribution is -2.32. The molecule has 21 heavy (non-hydrogen) atoms. The summed E-state index contributed by atoms with van der Waals surface area (Å²) < 4.78 is 10.3. The number of carbonyl (C=O) groups is 2. The molecule has 6 heteroatoms. The lowest BCUT2D eigenvalue weighted by atomic mass is 10.1. The molecule has 0 radical (unpaired) electrons. The van der Waals surface area contributed by atoms with Gasteiger partial charge in [-0.25, -0.2) is 4.79 Å². The van der Waals surface area contributed by atoms with Crippen LogP contribution in [0.4, 0.5) is 0 Å². The van der Waals surface area contributed by atoms with Crippen LogP contribution in [0.1, 0.15) is 16.7 Å². The molecule has 0 bridgehead atoms. The van der Waals surface area contributed by atoms with Gasteiger partial charge in [0.1, 0.15) is 12.4 Å². The van der Waals surface area contributed by atoms with Crippen molar-refractivity contribution in [3.8, 4) is 5.75 Å². The Balaban J connectivity index is 2.32. The molecular formula is C15H21NO5. The van der Waals surface area contributed by atoms with Crippen molar-refractivity contribution >= 4 is 11.9 Å². The number of amides is 1. The molecule has 1 aromatic rings. The summed E-state index contributed by atoms with van der Waals surface area (Å²) in [5.41, 5.74) is 3.13. The Morgan fingerprint density at radius 1 is 1.14 bits per heavy atom. The minimum Gasteiger partial charge on any atom is -0.483 e. The van der Waals surface area contributed by atoms with Gasteiger partial charge in [-0.05, 0) is 31.9 Å².